The fourth-order valence-electron chi connectivity index (χ4n) is 3.60. The van der Waals surface area contributed by atoms with E-state index >= 15 is 0 Å². The van der Waals surface area contributed by atoms with Crippen LogP contribution < -0.4 is 4.90 Å². The van der Waals surface area contributed by atoms with Gasteiger partial charge in [-0.3, -0.25) is 14.6 Å². The van der Waals surface area contributed by atoms with Gasteiger partial charge in [-0.15, -0.1) is 0 Å². The van der Waals surface area contributed by atoms with E-state index in [1.165, 1.54) is 16.8 Å². The van der Waals surface area contributed by atoms with Crippen LogP contribution in [0.25, 0.3) is 0 Å². The highest BCUT2D eigenvalue weighted by Gasteiger charge is 2.30. The van der Waals surface area contributed by atoms with Crippen LogP contribution in [0.4, 0.5) is 5.69 Å². The lowest BCUT2D eigenvalue weighted by atomic mass is 9.85. The number of nitriles is 1. The van der Waals surface area contributed by atoms with Gasteiger partial charge in [0.2, 0.25) is 11.8 Å². The molecule has 0 bridgehead atoms. The smallest absolute Gasteiger partial charge is 0.354 e. The number of amides is 2. The van der Waals surface area contributed by atoms with Crippen molar-refractivity contribution in [1.82, 2.24) is 4.90 Å². The first-order valence-electron chi connectivity index (χ1n) is 10.9. The first kappa shape index (κ1) is 28.6. The molecule has 36 heavy (non-hydrogen) atoms. The number of carbonyl (C=O) groups excluding carboxylic acids is 2. The molecule has 10 heteroatoms. The summed E-state index contributed by atoms with van der Waals surface area (Å²) in [5.41, 5.74) is 1.49. The molecular weight excluding hydrogens is 503 g/mol. The summed E-state index contributed by atoms with van der Waals surface area (Å²) in [5.74, 6) is -2.96. The number of rotatable bonds is 9. The molecule has 0 aliphatic heterocycles. The fraction of sp³-hybridized carbons (Fsp3) is 0.269. The van der Waals surface area contributed by atoms with Crippen molar-refractivity contribution in [3.8, 4) is 6.07 Å². The zero-order chi connectivity index (χ0) is 27.0. The van der Waals surface area contributed by atoms with Gasteiger partial charge in [-0.1, -0.05) is 42.3 Å². The molecule has 0 aliphatic rings. The number of halogens is 2. The van der Waals surface area contributed by atoms with Gasteiger partial charge in [-0.2, -0.15) is 5.26 Å². The quantitative estimate of drug-likeness (QED) is 0.382. The maximum Gasteiger partial charge on any atom is 0.354 e. The van der Waals surface area contributed by atoms with Crippen molar-refractivity contribution < 1.29 is 19.5 Å². The predicted molar refractivity (Wildman–Crippen MR) is 141 cm³/mol. The molecule has 0 saturated heterocycles. The summed E-state index contributed by atoms with van der Waals surface area (Å²) in [6.45, 7) is 1.91. The lowest BCUT2D eigenvalue weighted by molar-refractivity contribution is -0.129. The van der Waals surface area contributed by atoms with Crippen LogP contribution in [0.1, 0.15) is 24.0 Å². The van der Waals surface area contributed by atoms with E-state index in [0.717, 1.165) is 17.7 Å². The Balaban J connectivity index is 2.35. The Morgan fingerprint density at radius 1 is 1.08 bits per heavy atom. The topological polar surface area (TPSA) is 114 Å². The Kier molecular flexibility index (Phi) is 10.2. The molecule has 2 aromatic rings. The minimum atomic E-state index is -1.25. The van der Waals surface area contributed by atoms with Crippen molar-refractivity contribution in [1.29, 1.82) is 5.26 Å². The predicted octanol–water partition coefficient (Wildman–Crippen LogP) is 4.42. The zero-order valence-electron chi connectivity index (χ0n) is 20.3. The van der Waals surface area contributed by atoms with Gasteiger partial charge in [-0.05, 0) is 42.0 Å². The maximum atomic E-state index is 13.5. The van der Waals surface area contributed by atoms with Crippen molar-refractivity contribution in [3.63, 3.8) is 0 Å². The number of anilines is 1. The molecule has 2 atom stereocenters. The molecule has 188 valence electrons. The average molecular weight is 529 g/mol. The molecule has 0 aromatic heterocycles. The summed E-state index contributed by atoms with van der Waals surface area (Å²) in [6, 6.07) is 13.7. The van der Waals surface area contributed by atoms with Crippen LogP contribution in [0.2, 0.25) is 10.0 Å². The molecule has 8 nitrogen and oxygen atoms in total. The van der Waals surface area contributed by atoms with Crippen LogP contribution >= 0.6 is 23.2 Å². The Labute approximate surface area is 220 Å². The largest absolute Gasteiger partial charge is 0.477 e. The summed E-state index contributed by atoms with van der Waals surface area (Å²) in [6.07, 6.45) is 2.25. The van der Waals surface area contributed by atoms with Gasteiger partial charge in [0, 0.05) is 61.3 Å². The highest BCUT2D eigenvalue weighted by atomic mass is 35.5. The lowest BCUT2D eigenvalue weighted by Crippen LogP contribution is -2.39. The molecule has 0 radical (unpaired) electrons. The highest BCUT2D eigenvalue weighted by Crippen LogP contribution is 2.31. The van der Waals surface area contributed by atoms with Crippen molar-refractivity contribution in [2.45, 2.75) is 12.8 Å². The zero-order valence-corrected chi connectivity index (χ0v) is 21.8. The van der Waals surface area contributed by atoms with Crippen LogP contribution in [0.15, 0.2) is 59.6 Å². The molecule has 2 amide bonds. The van der Waals surface area contributed by atoms with E-state index in [2.05, 4.69) is 11.1 Å². The van der Waals surface area contributed by atoms with E-state index in [-0.39, 0.29) is 18.2 Å². The van der Waals surface area contributed by atoms with Gasteiger partial charge < -0.3 is 14.9 Å². The molecule has 0 heterocycles. The maximum absolute atomic E-state index is 13.5. The summed E-state index contributed by atoms with van der Waals surface area (Å²) < 4.78 is 0. The van der Waals surface area contributed by atoms with Gasteiger partial charge in [-0.25, -0.2) is 4.79 Å². The Morgan fingerprint density at radius 3 is 2.17 bits per heavy atom. The first-order chi connectivity index (χ1) is 17.0. The van der Waals surface area contributed by atoms with Crippen LogP contribution in [0.3, 0.4) is 0 Å². The third kappa shape index (κ3) is 7.41. The number of carbonyl (C=O) groups is 3. The minimum absolute atomic E-state index is 0.151. The standard InChI is InChI=1S/C26H26Cl2N4O4/c1-16(25(34)32(4)21-12-19(27)11-20(28)13-21)22(18-7-5-17(14-29)6-8-18)15-31(3)24(33)10-9-23(30-2)26(35)36/h5-13,16,22H,15H2,1-4H3,(H,35,36)/b10-9+,30-23?. The van der Waals surface area contributed by atoms with E-state index in [4.69, 9.17) is 33.6 Å². The van der Waals surface area contributed by atoms with Crippen LogP contribution in [-0.4, -0.2) is 61.2 Å². The SMILES string of the molecule is CN=C(/C=C/C(=O)N(C)CC(c1ccc(C#N)cc1)C(C)C(=O)N(C)c1cc(Cl)cc(Cl)c1)C(=O)O. The van der Waals surface area contributed by atoms with Crippen molar-refractivity contribution in [3.05, 3.63) is 75.8 Å². The first-order valence-corrected chi connectivity index (χ1v) is 11.6. The summed E-state index contributed by atoms with van der Waals surface area (Å²) in [5, 5.41) is 19.0. The number of hydrogen-bond acceptors (Lipinski definition) is 5. The Hall–Kier alpha value is -3.67. The molecular formula is C26H26Cl2N4O4. The third-order valence-electron chi connectivity index (χ3n) is 5.72. The fourth-order valence-corrected chi connectivity index (χ4v) is 4.11. The molecule has 2 rings (SSSR count). The van der Waals surface area contributed by atoms with E-state index in [0.29, 0.717) is 21.3 Å². The van der Waals surface area contributed by atoms with Gasteiger partial charge >= 0.3 is 5.97 Å². The molecule has 0 saturated carbocycles. The third-order valence-corrected chi connectivity index (χ3v) is 6.15. The second-order valence-corrected chi connectivity index (χ2v) is 8.99. The number of carboxylic acids is 1. The highest BCUT2D eigenvalue weighted by molar-refractivity contribution is 6.40. The molecule has 0 fully saturated rings. The van der Waals surface area contributed by atoms with Gasteiger partial charge in [0.1, 0.15) is 5.71 Å². The van der Waals surface area contributed by atoms with Crippen molar-refractivity contribution >= 4 is 52.4 Å². The number of nitrogens with zero attached hydrogens (tertiary/aromatic N) is 4. The molecule has 2 aromatic carbocycles. The minimum Gasteiger partial charge on any atom is -0.477 e. The van der Waals surface area contributed by atoms with E-state index in [1.54, 1.807) is 63.5 Å². The van der Waals surface area contributed by atoms with Crippen molar-refractivity contribution in [2.75, 3.05) is 32.6 Å². The van der Waals surface area contributed by atoms with Gasteiger partial charge in [0.05, 0.1) is 11.6 Å². The second kappa shape index (κ2) is 12.9. The summed E-state index contributed by atoms with van der Waals surface area (Å²) in [7, 11) is 4.50. The summed E-state index contributed by atoms with van der Waals surface area (Å²) >= 11 is 12.2. The van der Waals surface area contributed by atoms with Crippen LogP contribution in [0.5, 0.6) is 0 Å². The number of benzene rings is 2. The van der Waals surface area contributed by atoms with E-state index in [1.807, 2.05) is 0 Å². The van der Waals surface area contributed by atoms with E-state index < -0.39 is 23.7 Å². The van der Waals surface area contributed by atoms with Gasteiger partial charge in [0.25, 0.3) is 0 Å². The number of hydrogen-bond donors (Lipinski definition) is 1. The van der Waals surface area contributed by atoms with Crippen molar-refractivity contribution in [2.24, 2.45) is 10.9 Å². The Bertz CT molecular complexity index is 1220. The second-order valence-electron chi connectivity index (χ2n) is 8.12. The number of aliphatic carboxylic acids is 1. The van der Waals surface area contributed by atoms with Crippen LogP contribution in [0, 0.1) is 17.2 Å². The van der Waals surface area contributed by atoms with E-state index in [9.17, 15) is 14.4 Å². The number of carboxylic acid groups (broad SMARTS) is 1. The van der Waals surface area contributed by atoms with Gasteiger partial charge in [0.15, 0.2) is 0 Å². The Morgan fingerprint density at radius 2 is 1.67 bits per heavy atom. The molecule has 1 N–H and O–H groups in total. The van der Waals surface area contributed by atoms with Crippen LogP contribution in [-0.2, 0) is 14.4 Å². The average Bonchev–Trinajstić information content (AvgIpc) is 2.85. The number of likely N-dealkylation sites (N-methyl/N-ethyl adjacent to an activating group) is 1. The molecule has 0 spiro atoms. The lowest BCUT2D eigenvalue weighted by Gasteiger charge is -2.31. The molecule has 0 aliphatic carbocycles. The molecule has 2 unspecified atom stereocenters. The monoisotopic (exact) mass is 528 g/mol. The number of aliphatic imine (C=N–C) groups is 1. The normalized spacial score (nSPS) is 13.1. The summed E-state index contributed by atoms with van der Waals surface area (Å²) in [4.78, 5) is 43.8.